The minimum atomic E-state index is -0.544. The zero-order chi connectivity index (χ0) is 15.4. The maximum Gasteiger partial charge on any atom is 0.269 e. The third-order valence-electron chi connectivity index (χ3n) is 2.57. The second kappa shape index (κ2) is 6.14. The molecule has 0 saturated carbocycles. The van der Waals surface area contributed by atoms with Crippen LogP contribution in [0.2, 0.25) is 0 Å². The molecule has 0 radical (unpaired) electrons. The number of benzene rings is 2. The van der Waals surface area contributed by atoms with E-state index in [0.717, 1.165) is 11.8 Å². The van der Waals surface area contributed by atoms with Crippen LogP contribution in [-0.2, 0) is 0 Å². The fraction of sp³-hybridized carbons (Fsp3) is 0. The molecule has 0 atom stereocenters. The van der Waals surface area contributed by atoms with Gasteiger partial charge in [-0.2, -0.15) is 0 Å². The van der Waals surface area contributed by atoms with Crippen LogP contribution >= 0.6 is 11.8 Å². The standard InChI is InChI=1S/C13H8N2O5S/c16-13(9-1-3-10(4-2-9)14(17)18)21-12-7-5-11(6-8-12)15(19)20/h1-8H. The van der Waals surface area contributed by atoms with Crippen LogP contribution in [0.1, 0.15) is 10.4 Å². The highest BCUT2D eigenvalue weighted by molar-refractivity contribution is 8.14. The second-order valence-electron chi connectivity index (χ2n) is 3.94. The summed E-state index contributed by atoms with van der Waals surface area (Å²) in [5, 5.41) is 20.7. The fourth-order valence-electron chi connectivity index (χ4n) is 1.52. The molecule has 0 saturated heterocycles. The van der Waals surface area contributed by atoms with Gasteiger partial charge in [-0.3, -0.25) is 25.0 Å². The van der Waals surface area contributed by atoms with Gasteiger partial charge in [-0.15, -0.1) is 0 Å². The maximum atomic E-state index is 12.0. The molecular weight excluding hydrogens is 296 g/mol. The highest BCUT2D eigenvalue weighted by Gasteiger charge is 2.12. The molecule has 2 aromatic carbocycles. The smallest absolute Gasteiger partial charge is 0.269 e. The summed E-state index contributed by atoms with van der Waals surface area (Å²) in [7, 11) is 0. The normalized spacial score (nSPS) is 10.1. The van der Waals surface area contributed by atoms with E-state index in [-0.39, 0.29) is 16.5 Å². The van der Waals surface area contributed by atoms with E-state index in [2.05, 4.69) is 0 Å². The summed E-state index contributed by atoms with van der Waals surface area (Å²) in [6.07, 6.45) is 0. The van der Waals surface area contributed by atoms with Crippen molar-refractivity contribution in [3.63, 3.8) is 0 Å². The maximum absolute atomic E-state index is 12.0. The number of hydrogen-bond donors (Lipinski definition) is 0. The van der Waals surface area contributed by atoms with Gasteiger partial charge in [0.2, 0.25) is 5.12 Å². The molecule has 0 spiro atoms. The fourth-order valence-corrected chi connectivity index (χ4v) is 2.26. The molecule has 0 aliphatic rings. The van der Waals surface area contributed by atoms with Crippen LogP contribution in [0.3, 0.4) is 0 Å². The van der Waals surface area contributed by atoms with Gasteiger partial charge in [0.15, 0.2) is 0 Å². The summed E-state index contributed by atoms with van der Waals surface area (Å²) < 4.78 is 0. The van der Waals surface area contributed by atoms with E-state index in [1.54, 1.807) is 0 Å². The molecule has 2 aromatic rings. The van der Waals surface area contributed by atoms with E-state index in [1.807, 2.05) is 0 Å². The lowest BCUT2D eigenvalue weighted by atomic mass is 10.2. The Hall–Kier alpha value is -2.74. The number of nitro benzene ring substituents is 2. The number of hydrogen-bond acceptors (Lipinski definition) is 6. The van der Waals surface area contributed by atoms with Crippen molar-refractivity contribution in [2.45, 2.75) is 4.90 Å². The molecular formula is C13H8N2O5S. The quantitative estimate of drug-likeness (QED) is 0.487. The minimum absolute atomic E-state index is 0.0536. The topological polar surface area (TPSA) is 103 Å². The molecule has 0 N–H and O–H groups in total. The molecule has 0 aliphatic heterocycles. The number of nitro groups is 2. The molecule has 7 nitrogen and oxygen atoms in total. The van der Waals surface area contributed by atoms with Crippen molar-refractivity contribution in [1.82, 2.24) is 0 Å². The molecule has 21 heavy (non-hydrogen) atoms. The highest BCUT2D eigenvalue weighted by atomic mass is 32.2. The van der Waals surface area contributed by atoms with Gasteiger partial charge in [-0.1, -0.05) is 0 Å². The summed E-state index contributed by atoms with van der Waals surface area (Å²) in [6, 6.07) is 10.8. The Bertz CT molecular complexity index is 698. The zero-order valence-electron chi connectivity index (χ0n) is 10.5. The van der Waals surface area contributed by atoms with Crippen molar-refractivity contribution < 1.29 is 14.6 Å². The molecule has 0 aliphatic carbocycles. The predicted octanol–water partition coefficient (Wildman–Crippen LogP) is 3.44. The lowest BCUT2D eigenvalue weighted by Crippen LogP contribution is -1.94. The number of carbonyl (C=O) groups excluding carboxylic acids is 1. The van der Waals surface area contributed by atoms with Gasteiger partial charge in [0.05, 0.1) is 9.85 Å². The second-order valence-corrected chi connectivity index (χ2v) is 4.99. The summed E-state index contributed by atoms with van der Waals surface area (Å²) in [6.45, 7) is 0. The lowest BCUT2D eigenvalue weighted by molar-refractivity contribution is -0.385. The minimum Gasteiger partial charge on any atom is -0.281 e. The van der Waals surface area contributed by atoms with Crippen LogP contribution in [0.25, 0.3) is 0 Å². The Morgan fingerprint density at radius 1 is 0.810 bits per heavy atom. The molecule has 0 aromatic heterocycles. The van der Waals surface area contributed by atoms with Gasteiger partial charge >= 0.3 is 0 Å². The van der Waals surface area contributed by atoms with Crippen LogP contribution in [0, 0.1) is 20.2 Å². The van der Waals surface area contributed by atoms with Crippen molar-refractivity contribution in [2.24, 2.45) is 0 Å². The Kier molecular flexibility index (Phi) is 4.29. The molecule has 106 valence electrons. The van der Waals surface area contributed by atoms with E-state index in [1.165, 1.54) is 48.5 Å². The lowest BCUT2D eigenvalue weighted by Gasteiger charge is -2.01. The van der Waals surface area contributed by atoms with Crippen LogP contribution in [0.4, 0.5) is 11.4 Å². The summed E-state index contributed by atoms with van der Waals surface area (Å²) in [4.78, 5) is 32.5. The zero-order valence-corrected chi connectivity index (χ0v) is 11.3. The van der Waals surface area contributed by atoms with Gasteiger partial charge < -0.3 is 0 Å². The number of thioether (sulfide) groups is 1. The van der Waals surface area contributed by atoms with Crippen molar-refractivity contribution in [2.75, 3.05) is 0 Å². The van der Waals surface area contributed by atoms with Crippen LogP contribution < -0.4 is 0 Å². The Morgan fingerprint density at radius 3 is 1.67 bits per heavy atom. The van der Waals surface area contributed by atoms with E-state index in [4.69, 9.17) is 0 Å². The van der Waals surface area contributed by atoms with Gasteiger partial charge in [0, 0.05) is 34.7 Å². The monoisotopic (exact) mass is 304 g/mol. The molecule has 0 unspecified atom stereocenters. The Labute approximate surface area is 122 Å². The van der Waals surface area contributed by atoms with E-state index >= 15 is 0 Å². The number of non-ortho nitro benzene ring substituents is 2. The Balaban J connectivity index is 2.10. The van der Waals surface area contributed by atoms with Crippen molar-refractivity contribution in [3.05, 3.63) is 74.3 Å². The SMILES string of the molecule is O=C(Sc1ccc([N+](=O)[O-])cc1)c1ccc([N+](=O)[O-])cc1. The average Bonchev–Trinajstić information content (AvgIpc) is 2.47. The molecule has 0 fully saturated rings. The van der Waals surface area contributed by atoms with Crippen LogP contribution in [-0.4, -0.2) is 15.0 Å². The van der Waals surface area contributed by atoms with Crippen molar-refractivity contribution >= 4 is 28.3 Å². The van der Waals surface area contributed by atoms with E-state index in [0.29, 0.717) is 10.5 Å². The molecule has 8 heteroatoms. The van der Waals surface area contributed by atoms with Gasteiger partial charge in [0.25, 0.3) is 11.4 Å². The predicted molar refractivity (Wildman–Crippen MR) is 76.4 cm³/mol. The van der Waals surface area contributed by atoms with Crippen molar-refractivity contribution in [1.29, 1.82) is 0 Å². The first-order chi connectivity index (χ1) is 9.97. The third kappa shape index (κ3) is 3.63. The Morgan fingerprint density at radius 2 is 1.24 bits per heavy atom. The summed E-state index contributed by atoms with van der Waals surface area (Å²) in [5.74, 6) is 0. The molecule has 0 heterocycles. The summed E-state index contributed by atoms with van der Waals surface area (Å²) in [5.41, 5.74) is 0.179. The first-order valence-electron chi connectivity index (χ1n) is 5.68. The van der Waals surface area contributed by atoms with E-state index < -0.39 is 9.85 Å². The van der Waals surface area contributed by atoms with Crippen LogP contribution in [0.15, 0.2) is 53.4 Å². The van der Waals surface area contributed by atoms with Crippen LogP contribution in [0.5, 0.6) is 0 Å². The first-order valence-corrected chi connectivity index (χ1v) is 6.50. The van der Waals surface area contributed by atoms with E-state index in [9.17, 15) is 25.0 Å². The largest absolute Gasteiger partial charge is 0.281 e. The molecule has 2 rings (SSSR count). The third-order valence-corrected chi connectivity index (χ3v) is 3.50. The molecule has 0 bridgehead atoms. The number of rotatable bonds is 4. The first kappa shape index (κ1) is 14.7. The highest BCUT2D eigenvalue weighted by Crippen LogP contribution is 2.25. The van der Waals surface area contributed by atoms with Crippen molar-refractivity contribution in [3.8, 4) is 0 Å². The molecule has 0 amide bonds. The number of nitrogens with zero attached hydrogens (tertiary/aromatic N) is 2. The van der Waals surface area contributed by atoms with Gasteiger partial charge in [-0.05, 0) is 36.0 Å². The van der Waals surface area contributed by atoms with Gasteiger partial charge in [0.1, 0.15) is 0 Å². The van der Waals surface area contributed by atoms with Gasteiger partial charge in [-0.25, -0.2) is 0 Å². The summed E-state index contributed by atoms with van der Waals surface area (Å²) >= 11 is 0.900. The number of carbonyl (C=O) groups is 1. The average molecular weight is 304 g/mol.